The SMILES string of the molecule is CCOC[C@H]1CCCN1CCc1cc2c(Cl)cccc2c(=O)[nH]1.Cl. The van der Waals surface area contributed by atoms with Gasteiger partial charge in [0.05, 0.1) is 6.61 Å². The number of benzene rings is 1. The molecule has 1 aromatic heterocycles. The molecule has 0 bridgehead atoms. The second-order valence-corrected chi connectivity index (χ2v) is 6.47. The largest absolute Gasteiger partial charge is 0.380 e. The van der Waals surface area contributed by atoms with Crippen molar-refractivity contribution in [3.05, 3.63) is 45.3 Å². The van der Waals surface area contributed by atoms with Gasteiger partial charge in [-0.05, 0) is 44.5 Å². The lowest BCUT2D eigenvalue weighted by molar-refractivity contribution is 0.0856. The zero-order chi connectivity index (χ0) is 16.2. The minimum atomic E-state index is -0.0627. The summed E-state index contributed by atoms with van der Waals surface area (Å²) < 4.78 is 5.58. The average Bonchev–Trinajstić information content (AvgIpc) is 2.99. The number of hydrogen-bond donors (Lipinski definition) is 1. The Morgan fingerprint density at radius 1 is 1.38 bits per heavy atom. The maximum Gasteiger partial charge on any atom is 0.256 e. The number of fused-ring (bicyclic) bond motifs is 1. The summed E-state index contributed by atoms with van der Waals surface area (Å²) in [7, 11) is 0. The summed E-state index contributed by atoms with van der Waals surface area (Å²) in [6, 6.07) is 7.95. The Bertz CT molecular complexity index is 733. The van der Waals surface area contributed by atoms with Crippen molar-refractivity contribution >= 4 is 34.8 Å². The lowest BCUT2D eigenvalue weighted by atomic mass is 10.1. The van der Waals surface area contributed by atoms with Gasteiger partial charge >= 0.3 is 0 Å². The fourth-order valence-corrected chi connectivity index (χ4v) is 3.57. The van der Waals surface area contributed by atoms with Gasteiger partial charge in [0.1, 0.15) is 0 Å². The van der Waals surface area contributed by atoms with Gasteiger partial charge in [-0.1, -0.05) is 17.7 Å². The van der Waals surface area contributed by atoms with Gasteiger partial charge in [0.25, 0.3) is 5.56 Å². The fourth-order valence-electron chi connectivity index (χ4n) is 3.34. The van der Waals surface area contributed by atoms with E-state index in [-0.39, 0.29) is 18.0 Å². The second-order valence-electron chi connectivity index (χ2n) is 6.07. The average molecular weight is 371 g/mol. The van der Waals surface area contributed by atoms with Crippen LogP contribution in [0.3, 0.4) is 0 Å². The summed E-state index contributed by atoms with van der Waals surface area (Å²) in [6.07, 6.45) is 3.23. The Hall–Kier alpha value is -1.07. The second kappa shape index (κ2) is 8.86. The highest BCUT2D eigenvalue weighted by Crippen LogP contribution is 2.22. The highest BCUT2D eigenvalue weighted by molar-refractivity contribution is 6.35. The molecule has 0 unspecified atom stereocenters. The van der Waals surface area contributed by atoms with E-state index in [1.54, 1.807) is 0 Å². The van der Waals surface area contributed by atoms with E-state index < -0.39 is 0 Å². The number of nitrogens with one attached hydrogen (secondary N) is 1. The number of aromatic nitrogens is 1. The molecule has 132 valence electrons. The number of aromatic amines is 1. The van der Waals surface area contributed by atoms with Crippen molar-refractivity contribution in [2.24, 2.45) is 0 Å². The zero-order valence-electron chi connectivity index (χ0n) is 13.9. The van der Waals surface area contributed by atoms with Gasteiger partial charge in [-0.2, -0.15) is 0 Å². The van der Waals surface area contributed by atoms with Crippen molar-refractivity contribution in [3.63, 3.8) is 0 Å². The van der Waals surface area contributed by atoms with E-state index in [1.807, 2.05) is 31.2 Å². The van der Waals surface area contributed by atoms with E-state index in [9.17, 15) is 4.79 Å². The Balaban J connectivity index is 0.00000208. The lowest BCUT2D eigenvalue weighted by Gasteiger charge is -2.24. The number of H-pyrrole nitrogens is 1. The minimum Gasteiger partial charge on any atom is -0.380 e. The van der Waals surface area contributed by atoms with Gasteiger partial charge < -0.3 is 9.72 Å². The number of nitrogens with zero attached hydrogens (tertiary/aromatic N) is 1. The Kier molecular flexibility index (Phi) is 7.11. The first-order valence-electron chi connectivity index (χ1n) is 8.31. The predicted molar refractivity (Wildman–Crippen MR) is 102 cm³/mol. The first kappa shape index (κ1) is 19.3. The van der Waals surface area contributed by atoms with Crippen LogP contribution in [0.15, 0.2) is 29.1 Å². The number of rotatable bonds is 6. The third-order valence-electron chi connectivity index (χ3n) is 4.57. The third-order valence-corrected chi connectivity index (χ3v) is 4.90. The third kappa shape index (κ3) is 4.31. The molecule has 24 heavy (non-hydrogen) atoms. The van der Waals surface area contributed by atoms with Crippen molar-refractivity contribution in [3.8, 4) is 0 Å². The van der Waals surface area contributed by atoms with E-state index in [4.69, 9.17) is 16.3 Å². The van der Waals surface area contributed by atoms with E-state index in [0.717, 1.165) is 43.8 Å². The summed E-state index contributed by atoms with van der Waals surface area (Å²) in [6.45, 7) is 5.64. The molecule has 0 amide bonds. The van der Waals surface area contributed by atoms with Crippen LogP contribution in [0.5, 0.6) is 0 Å². The number of likely N-dealkylation sites (tertiary alicyclic amines) is 1. The van der Waals surface area contributed by atoms with Gasteiger partial charge in [0.15, 0.2) is 0 Å². The van der Waals surface area contributed by atoms with E-state index in [2.05, 4.69) is 9.88 Å². The molecule has 0 radical (unpaired) electrons. The number of hydrogen-bond acceptors (Lipinski definition) is 3. The Morgan fingerprint density at radius 3 is 3.00 bits per heavy atom. The van der Waals surface area contributed by atoms with Crippen LogP contribution in [-0.2, 0) is 11.2 Å². The van der Waals surface area contributed by atoms with Gasteiger partial charge in [-0.3, -0.25) is 9.69 Å². The van der Waals surface area contributed by atoms with Crippen molar-refractivity contribution in [2.75, 3.05) is 26.3 Å². The molecule has 1 aliphatic heterocycles. The molecule has 0 aliphatic carbocycles. The molecular formula is C18H24Cl2N2O2. The number of ether oxygens (including phenoxy) is 1. The standard InChI is InChI=1S/C18H23ClN2O2.ClH/c1-2-23-12-14-5-4-9-21(14)10-8-13-11-16-15(18(22)20-13)6-3-7-17(16)19;/h3,6-7,11,14H,2,4-5,8-10,12H2,1H3,(H,20,22);1H/t14-;/m1./s1. The molecule has 1 aliphatic rings. The quantitative estimate of drug-likeness (QED) is 0.843. The summed E-state index contributed by atoms with van der Waals surface area (Å²) in [5.74, 6) is 0. The zero-order valence-corrected chi connectivity index (χ0v) is 15.5. The monoisotopic (exact) mass is 370 g/mol. The van der Waals surface area contributed by atoms with E-state index >= 15 is 0 Å². The van der Waals surface area contributed by atoms with Crippen LogP contribution >= 0.6 is 24.0 Å². The Morgan fingerprint density at radius 2 is 2.21 bits per heavy atom. The lowest BCUT2D eigenvalue weighted by Crippen LogP contribution is -2.35. The van der Waals surface area contributed by atoms with E-state index in [1.165, 1.54) is 12.8 Å². The summed E-state index contributed by atoms with van der Waals surface area (Å²) >= 11 is 6.23. The van der Waals surface area contributed by atoms with Crippen molar-refractivity contribution < 1.29 is 4.74 Å². The topological polar surface area (TPSA) is 45.3 Å². The fraction of sp³-hybridized carbons (Fsp3) is 0.500. The molecule has 1 fully saturated rings. The summed E-state index contributed by atoms with van der Waals surface area (Å²) in [5.41, 5.74) is 0.880. The molecular weight excluding hydrogens is 347 g/mol. The molecule has 2 heterocycles. The molecule has 4 nitrogen and oxygen atoms in total. The smallest absolute Gasteiger partial charge is 0.256 e. The number of pyridine rings is 1. The van der Waals surface area contributed by atoms with Crippen LogP contribution in [0.1, 0.15) is 25.5 Å². The normalized spacial score (nSPS) is 18.0. The predicted octanol–water partition coefficient (Wildman–Crippen LogP) is 3.65. The summed E-state index contributed by atoms with van der Waals surface area (Å²) in [5, 5.41) is 2.11. The molecule has 3 rings (SSSR count). The van der Waals surface area contributed by atoms with E-state index in [0.29, 0.717) is 16.5 Å². The Labute approximate surface area is 153 Å². The van der Waals surface area contributed by atoms with Crippen LogP contribution in [0.25, 0.3) is 10.8 Å². The molecule has 2 aromatic rings. The highest BCUT2D eigenvalue weighted by atomic mass is 35.5. The highest BCUT2D eigenvalue weighted by Gasteiger charge is 2.24. The molecule has 0 saturated carbocycles. The van der Waals surface area contributed by atoms with Gasteiger partial charge in [-0.15, -0.1) is 12.4 Å². The molecule has 1 saturated heterocycles. The van der Waals surface area contributed by atoms with Gasteiger partial charge in [0, 0.05) is 47.1 Å². The molecule has 1 aromatic carbocycles. The maximum absolute atomic E-state index is 12.2. The summed E-state index contributed by atoms with van der Waals surface area (Å²) in [4.78, 5) is 17.7. The minimum absolute atomic E-state index is 0. The first-order chi connectivity index (χ1) is 11.2. The van der Waals surface area contributed by atoms with Crippen LogP contribution in [0.2, 0.25) is 5.02 Å². The molecule has 0 spiro atoms. The van der Waals surface area contributed by atoms with Crippen molar-refractivity contribution in [2.45, 2.75) is 32.2 Å². The van der Waals surface area contributed by atoms with Crippen molar-refractivity contribution in [1.82, 2.24) is 9.88 Å². The first-order valence-corrected chi connectivity index (χ1v) is 8.69. The van der Waals surface area contributed by atoms with Crippen LogP contribution < -0.4 is 5.56 Å². The molecule has 1 atom stereocenters. The van der Waals surface area contributed by atoms with Crippen LogP contribution in [-0.4, -0.2) is 42.2 Å². The van der Waals surface area contributed by atoms with Gasteiger partial charge in [0.2, 0.25) is 0 Å². The maximum atomic E-state index is 12.2. The molecule has 1 N–H and O–H groups in total. The number of halogens is 2. The van der Waals surface area contributed by atoms with Gasteiger partial charge in [-0.25, -0.2) is 0 Å². The van der Waals surface area contributed by atoms with Crippen LogP contribution in [0, 0.1) is 0 Å². The van der Waals surface area contributed by atoms with Crippen LogP contribution in [0.4, 0.5) is 0 Å². The molecule has 6 heteroatoms. The van der Waals surface area contributed by atoms with Crippen molar-refractivity contribution in [1.29, 1.82) is 0 Å².